The molecule has 0 aromatic carbocycles. The number of carboxylic acids is 1. The predicted molar refractivity (Wildman–Crippen MR) is 102 cm³/mol. The second-order valence-corrected chi connectivity index (χ2v) is 6.34. The molecule has 0 atom stereocenters. The Kier molecular flexibility index (Phi) is 25.4. The molecule has 0 heterocycles. The molecule has 0 saturated heterocycles. The van der Waals surface area contributed by atoms with Crippen LogP contribution in [0.5, 0.6) is 0 Å². The molecular weight excluding hydrogens is 286 g/mol. The number of carbonyl (C=O) groups is 1. The van der Waals surface area contributed by atoms with Crippen LogP contribution in [0, 0.1) is 0 Å². The van der Waals surface area contributed by atoms with Gasteiger partial charge in [0, 0.05) is 6.42 Å². The Morgan fingerprint density at radius 2 is 1.00 bits per heavy atom. The van der Waals surface area contributed by atoms with Crippen LogP contribution in [-0.2, 0) is 4.79 Å². The Hall–Kier alpha value is -0.570. The van der Waals surface area contributed by atoms with Crippen LogP contribution in [0.3, 0.4) is 0 Å². The lowest BCUT2D eigenvalue weighted by Crippen LogP contribution is -2.09. The summed E-state index contributed by atoms with van der Waals surface area (Å²) in [6.45, 7) is 8.65. The molecule has 140 valence electrons. The first-order chi connectivity index (χ1) is 11.2. The van der Waals surface area contributed by atoms with Crippen LogP contribution in [0.4, 0.5) is 0 Å². The van der Waals surface area contributed by atoms with Crippen molar-refractivity contribution in [2.75, 3.05) is 13.1 Å². The van der Waals surface area contributed by atoms with Crippen molar-refractivity contribution < 1.29 is 9.90 Å². The molecule has 0 aromatic rings. The maximum absolute atomic E-state index is 10.3. The second-order valence-electron chi connectivity index (χ2n) is 6.34. The van der Waals surface area contributed by atoms with Gasteiger partial charge in [0.1, 0.15) is 0 Å². The van der Waals surface area contributed by atoms with Crippen molar-refractivity contribution >= 4 is 5.97 Å². The zero-order valence-corrected chi connectivity index (χ0v) is 16.2. The monoisotopic (exact) mass is 329 g/mol. The van der Waals surface area contributed by atoms with E-state index in [0.29, 0.717) is 6.42 Å². The van der Waals surface area contributed by atoms with E-state index < -0.39 is 5.97 Å². The van der Waals surface area contributed by atoms with Crippen LogP contribution in [0.25, 0.3) is 0 Å². The third-order valence-electron chi connectivity index (χ3n) is 3.99. The molecule has 0 aliphatic rings. The van der Waals surface area contributed by atoms with Gasteiger partial charge >= 0.3 is 5.97 Å². The fourth-order valence-corrected chi connectivity index (χ4v) is 2.54. The highest BCUT2D eigenvalue weighted by atomic mass is 16.4. The van der Waals surface area contributed by atoms with Crippen LogP contribution in [0.15, 0.2) is 0 Å². The summed E-state index contributed by atoms with van der Waals surface area (Å²) in [7, 11) is 0. The van der Waals surface area contributed by atoms with E-state index in [-0.39, 0.29) is 0 Å². The molecule has 0 aliphatic heterocycles. The molecule has 0 aromatic heterocycles. The Morgan fingerprint density at radius 3 is 1.26 bits per heavy atom. The first-order valence-electron chi connectivity index (χ1n) is 10.1. The van der Waals surface area contributed by atoms with E-state index in [9.17, 15) is 4.79 Å². The van der Waals surface area contributed by atoms with Gasteiger partial charge in [0.25, 0.3) is 0 Å². The standard InChI is InChI=1S/C16H32O2.C4H11N/c1-2-3-4-5-6-7-8-9-10-11-12-13-14-15-16(17)18;1-3-5-4-2/h2-15H2,1H3,(H,17,18);5H,3-4H2,1-2H3. The lowest BCUT2D eigenvalue weighted by Gasteiger charge is -2.02. The number of unbranched alkanes of at least 4 members (excludes halogenated alkanes) is 12. The molecule has 0 unspecified atom stereocenters. The number of rotatable bonds is 16. The van der Waals surface area contributed by atoms with Gasteiger partial charge in [-0.15, -0.1) is 0 Å². The topological polar surface area (TPSA) is 49.3 Å². The van der Waals surface area contributed by atoms with Gasteiger partial charge in [-0.2, -0.15) is 0 Å². The highest BCUT2D eigenvalue weighted by Gasteiger charge is 1.96. The zero-order valence-electron chi connectivity index (χ0n) is 16.2. The van der Waals surface area contributed by atoms with E-state index >= 15 is 0 Å². The molecule has 3 heteroatoms. The quantitative estimate of drug-likeness (QED) is 0.333. The van der Waals surface area contributed by atoms with E-state index in [1.165, 1.54) is 70.6 Å². The molecule has 0 spiro atoms. The molecular formula is C20H43NO2. The molecule has 0 fully saturated rings. The first kappa shape index (κ1) is 24.7. The Bertz CT molecular complexity index is 218. The molecule has 0 bridgehead atoms. The van der Waals surface area contributed by atoms with Gasteiger partial charge in [-0.05, 0) is 19.5 Å². The van der Waals surface area contributed by atoms with Crippen molar-refractivity contribution in [3.05, 3.63) is 0 Å². The van der Waals surface area contributed by atoms with Gasteiger partial charge in [-0.3, -0.25) is 4.79 Å². The van der Waals surface area contributed by atoms with Gasteiger partial charge in [0.2, 0.25) is 0 Å². The van der Waals surface area contributed by atoms with Gasteiger partial charge in [0.05, 0.1) is 0 Å². The minimum Gasteiger partial charge on any atom is -0.481 e. The maximum atomic E-state index is 10.3. The maximum Gasteiger partial charge on any atom is 0.303 e. The number of hydrogen-bond acceptors (Lipinski definition) is 2. The largest absolute Gasteiger partial charge is 0.481 e. The predicted octanol–water partition coefficient (Wildman–Crippen LogP) is 6.17. The summed E-state index contributed by atoms with van der Waals surface area (Å²) in [5, 5.41) is 11.6. The van der Waals surface area contributed by atoms with Crippen molar-refractivity contribution in [3.63, 3.8) is 0 Å². The van der Waals surface area contributed by atoms with E-state index in [4.69, 9.17) is 5.11 Å². The fourth-order valence-electron chi connectivity index (χ4n) is 2.54. The number of aliphatic carboxylic acids is 1. The number of carboxylic acid groups (broad SMARTS) is 1. The van der Waals surface area contributed by atoms with Crippen LogP contribution in [0.1, 0.15) is 111 Å². The number of hydrogen-bond donors (Lipinski definition) is 2. The average Bonchev–Trinajstić information content (AvgIpc) is 2.53. The summed E-state index contributed by atoms with van der Waals surface area (Å²) in [5.74, 6) is -0.655. The van der Waals surface area contributed by atoms with Crippen molar-refractivity contribution in [3.8, 4) is 0 Å². The third kappa shape index (κ3) is 30.0. The van der Waals surface area contributed by atoms with Crippen molar-refractivity contribution in [1.29, 1.82) is 0 Å². The van der Waals surface area contributed by atoms with Crippen molar-refractivity contribution in [2.24, 2.45) is 0 Å². The molecule has 23 heavy (non-hydrogen) atoms. The van der Waals surface area contributed by atoms with E-state index in [1.807, 2.05) is 0 Å². The molecule has 0 radical (unpaired) electrons. The Balaban J connectivity index is 0. The smallest absolute Gasteiger partial charge is 0.303 e. The number of nitrogens with one attached hydrogen (secondary N) is 1. The molecule has 3 nitrogen and oxygen atoms in total. The summed E-state index contributed by atoms with van der Waals surface area (Å²) in [4.78, 5) is 10.3. The van der Waals surface area contributed by atoms with E-state index in [2.05, 4.69) is 26.1 Å². The van der Waals surface area contributed by atoms with Crippen LogP contribution < -0.4 is 5.32 Å². The molecule has 0 amide bonds. The Labute approximate surface area is 145 Å². The summed E-state index contributed by atoms with van der Waals surface area (Å²) in [6.07, 6.45) is 17.3. The van der Waals surface area contributed by atoms with Crippen LogP contribution in [0.2, 0.25) is 0 Å². The lowest BCUT2D eigenvalue weighted by atomic mass is 10.0. The minimum atomic E-state index is -0.655. The lowest BCUT2D eigenvalue weighted by molar-refractivity contribution is -0.137. The van der Waals surface area contributed by atoms with E-state index in [1.54, 1.807) is 0 Å². The fraction of sp³-hybridized carbons (Fsp3) is 0.950. The van der Waals surface area contributed by atoms with Crippen molar-refractivity contribution in [2.45, 2.75) is 111 Å². The molecule has 0 aliphatic carbocycles. The van der Waals surface area contributed by atoms with Crippen LogP contribution in [-0.4, -0.2) is 24.2 Å². The van der Waals surface area contributed by atoms with Gasteiger partial charge in [0.15, 0.2) is 0 Å². The van der Waals surface area contributed by atoms with Crippen molar-refractivity contribution in [1.82, 2.24) is 5.32 Å². The van der Waals surface area contributed by atoms with Gasteiger partial charge in [-0.1, -0.05) is 97.8 Å². The van der Waals surface area contributed by atoms with Crippen LogP contribution >= 0.6 is 0 Å². The molecule has 0 saturated carbocycles. The van der Waals surface area contributed by atoms with Gasteiger partial charge < -0.3 is 10.4 Å². The third-order valence-corrected chi connectivity index (χ3v) is 3.99. The summed E-state index contributed by atoms with van der Waals surface area (Å²) < 4.78 is 0. The minimum absolute atomic E-state index is 0.345. The molecule has 2 N–H and O–H groups in total. The SMILES string of the molecule is CCCCCCCCCCCCCCCC(=O)O.CCNCC. The van der Waals surface area contributed by atoms with Gasteiger partial charge in [-0.25, -0.2) is 0 Å². The Morgan fingerprint density at radius 1 is 0.652 bits per heavy atom. The zero-order chi connectivity index (χ0) is 17.6. The second kappa shape index (κ2) is 23.7. The summed E-state index contributed by atoms with van der Waals surface area (Å²) in [5.41, 5.74) is 0. The molecule has 0 rings (SSSR count). The summed E-state index contributed by atoms with van der Waals surface area (Å²) in [6, 6.07) is 0. The summed E-state index contributed by atoms with van der Waals surface area (Å²) >= 11 is 0. The highest BCUT2D eigenvalue weighted by Crippen LogP contribution is 2.12. The van der Waals surface area contributed by atoms with E-state index in [0.717, 1.165) is 25.9 Å². The average molecular weight is 330 g/mol. The first-order valence-corrected chi connectivity index (χ1v) is 10.1. The normalized spacial score (nSPS) is 10.2. The highest BCUT2D eigenvalue weighted by molar-refractivity contribution is 5.66.